The summed E-state index contributed by atoms with van der Waals surface area (Å²) in [5.41, 5.74) is 2.32. The van der Waals surface area contributed by atoms with Crippen molar-refractivity contribution in [3.63, 3.8) is 0 Å². The van der Waals surface area contributed by atoms with Gasteiger partial charge in [0, 0.05) is 25.2 Å². The second-order valence-electron chi connectivity index (χ2n) is 6.56. The fraction of sp³-hybridized carbons (Fsp3) is 0.368. The summed E-state index contributed by atoms with van der Waals surface area (Å²) in [6.07, 6.45) is 0. The van der Waals surface area contributed by atoms with E-state index in [2.05, 4.69) is 0 Å². The summed E-state index contributed by atoms with van der Waals surface area (Å²) in [4.78, 5) is 2.01. The molecule has 0 aromatic heterocycles. The highest BCUT2D eigenvalue weighted by atomic mass is 32.2. The number of nitrogens with zero attached hydrogens (tertiary/aromatic N) is 2. The Bertz CT molecular complexity index is 854. The van der Waals surface area contributed by atoms with Gasteiger partial charge in [-0.3, -0.25) is 4.90 Å². The van der Waals surface area contributed by atoms with Crippen molar-refractivity contribution in [2.24, 2.45) is 0 Å². The molecule has 0 aliphatic carbocycles. The molecule has 0 amide bonds. The van der Waals surface area contributed by atoms with Gasteiger partial charge in [0.1, 0.15) is 5.82 Å². The first-order valence-corrected chi connectivity index (χ1v) is 9.96. The molecule has 2 aromatic carbocycles. The van der Waals surface area contributed by atoms with E-state index in [9.17, 15) is 12.8 Å². The lowest BCUT2D eigenvalue weighted by Crippen LogP contribution is -2.49. The molecule has 1 unspecified atom stereocenters. The van der Waals surface area contributed by atoms with E-state index >= 15 is 0 Å². The van der Waals surface area contributed by atoms with E-state index in [0.29, 0.717) is 18.7 Å². The van der Waals surface area contributed by atoms with E-state index in [1.807, 2.05) is 43.1 Å². The molecule has 0 spiro atoms. The molecular formula is C19H23FN2O2S. The molecule has 1 saturated heterocycles. The predicted molar refractivity (Wildman–Crippen MR) is 97.1 cm³/mol. The molecule has 0 bridgehead atoms. The predicted octanol–water partition coefficient (Wildman–Crippen LogP) is 2.95. The lowest BCUT2D eigenvalue weighted by molar-refractivity contribution is 0.145. The summed E-state index contributed by atoms with van der Waals surface area (Å²) in [7, 11) is -1.55. The topological polar surface area (TPSA) is 40.6 Å². The third kappa shape index (κ3) is 3.92. The number of hydrogen-bond acceptors (Lipinski definition) is 3. The van der Waals surface area contributed by atoms with Crippen LogP contribution in [0.5, 0.6) is 0 Å². The lowest BCUT2D eigenvalue weighted by atomic mass is 10.0. The van der Waals surface area contributed by atoms with Crippen LogP contribution in [0.15, 0.2) is 48.5 Å². The molecule has 4 nitrogen and oxygen atoms in total. The summed E-state index contributed by atoms with van der Waals surface area (Å²) < 4.78 is 41.5. The zero-order chi connectivity index (χ0) is 18.0. The molecule has 1 atom stereocenters. The van der Waals surface area contributed by atoms with Gasteiger partial charge < -0.3 is 0 Å². The molecule has 25 heavy (non-hydrogen) atoms. The third-order valence-corrected chi connectivity index (χ3v) is 6.66. The van der Waals surface area contributed by atoms with Crippen LogP contribution in [0.4, 0.5) is 4.39 Å². The van der Waals surface area contributed by atoms with Crippen LogP contribution in [-0.2, 0) is 15.8 Å². The van der Waals surface area contributed by atoms with Gasteiger partial charge in [0.25, 0.3) is 0 Å². The molecule has 3 rings (SSSR count). The maximum absolute atomic E-state index is 14.2. The van der Waals surface area contributed by atoms with Crippen LogP contribution in [0.3, 0.4) is 0 Å². The molecule has 1 fully saturated rings. The van der Waals surface area contributed by atoms with Crippen LogP contribution < -0.4 is 0 Å². The highest BCUT2D eigenvalue weighted by Gasteiger charge is 2.33. The first kappa shape index (κ1) is 18.0. The van der Waals surface area contributed by atoms with Crippen LogP contribution >= 0.6 is 0 Å². The molecule has 6 heteroatoms. The van der Waals surface area contributed by atoms with Gasteiger partial charge in [-0.25, -0.2) is 12.8 Å². The Hall–Kier alpha value is -1.76. The minimum atomic E-state index is -3.45. The quantitative estimate of drug-likeness (QED) is 0.840. The van der Waals surface area contributed by atoms with Gasteiger partial charge in [0.05, 0.1) is 11.8 Å². The number of piperazine rings is 1. The fourth-order valence-electron chi connectivity index (χ4n) is 3.24. The van der Waals surface area contributed by atoms with Gasteiger partial charge in [0.2, 0.25) is 10.0 Å². The second kappa shape index (κ2) is 7.23. The average molecular weight is 362 g/mol. The summed E-state index contributed by atoms with van der Waals surface area (Å²) in [5.74, 6) is -0.314. The molecular weight excluding hydrogens is 339 g/mol. The summed E-state index contributed by atoms with van der Waals surface area (Å²) in [6.45, 7) is 3.18. The molecule has 0 radical (unpaired) electrons. The minimum Gasteiger partial charge on any atom is -0.297 e. The van der Waals surface area contributed by atoms with E-state index in [-0.39, 0.29) is 24.2 Å². The molecule has 1 aliphatic heterocycles. The highest BCUT2D eigenvalue weighted by molar-refractivity contribution is 7.88. The van der Waals surface area contributed by atoms with Crippen molar-refractivity contribution in [1.29, 1.82) is 0 Å². The van der Waals surface area contributed by atoms with E-state index < -0.39 is 10.0 Å². The lowest BCUT2D eigenvalue weighted by Gasteiger charge is -2.39. The van der Waals surface area contributed by atoms with Crippen LogP contribution in [0.2, 0.25) is 0 Å². The Kier molecular flexibility index (Phi) is 5.22. The van der Waals surface area contributed by atoms with Crippen molar-refractivity contribution < 1.29 is 12.8 Å². The highest BCUT2D eigenvalue weighted by Crippen LogP contribution is 2.28. The maximum Gasteiger partial charge on any atom is 0.218 e. The number of aryl methyl sites for hydroxylation is 1. The average Bonchev–Trinajstić information content (AvgIpc) is 2.58. The van der Waals surface area contributed by atoms with Gasteiger partial charge in [-0.2, -0.15) is 4.31 Å². The van der Waals surface area contributed by atoms with Crippen molar-refractivity contribution in [3.05, 3.63) is 71.0 Å². The molecule has 0 N–H and O–H groups in total. The zero-order valence-corrected chi connectivity index (χ0v) is 15.3. The van der Waals surface area contributed by atoms with Crippen molar-refractivity contribution in [3.8, 4) is 0 Å². The normalized spacial score (nSPS) is 19.9. The van der Waals surface area contributed by atoms with E-state index in [4.69, 9.17) is 0 Å². The SMILES string of the molecule is Cc1ccccc1CS(=O)(=O)N1CCN(C)C(c2ccccc2F)C1. The van der Waals surface area contributed by atoms with E-state index in [1.54, 1.807) is 18.2 Å². The Labute approximate surface area is 148 Å². The van der Waals surface area contributed by atoms with Crippen molar-refractivity contribution in [2.75, 3.05) is 26.7 Å². The number of rotatable bonds is 4. The second-order valence-corrected chi connectivity index (χ2v) is 8.53. The first-order valence-electron chi connectivity index (χ1n) is 8.35. The third-order valence-electron chi connectivity index (χ3n) is 4.87. The number of halogens is 1. The van der Waals surface area contributed by atoms with E-state index in [1.165, 1.54) is 10.4 Å². The van der Waals surface area contributed by atoms with Gasteiger partial charge >= 0.3 is 0 Å². The summed E-state index contributed by atoms with van der Waals surface area (Å²) in [6, 6.07) is 13.8. The standard InChI is InChI=1S/C19H23FN2O2S/c1-15-7-3-4-8-16(15)14-25(23,24)22-12-11-21(2)19(13-22)17-9-5-6-10-18(17)20/h3-10,19H,11-14H2,1-2H3. The number of benzene rings is 2. The summed E-state index contributed by atoms with van der Waals surface area (Å²) >= 11 is 0. The fourth-order valence-corrected chi connectivity index (χ4v) is 4.87. The maximum atomic E-state index is 14.2. The number of hydrogen-bond donors (Lipinski definition) is 0. The van der Waals surface area contributed by atoms with Gasteiger partial charge in [-0.15, -0.1) is 0 Å². The Morgan fingerprint density at radius 2 is 1.76 bits per heavy atom. The molecule has 1 aliphatic rings. The van der Waals surface area contributed by atoms with Crippen molar-refractivity contribution >= 4 is 10.0 Å². The van der Waals surface area contributed by atoms with Crippen LogP contribution in [-0.4, -0.2) is 44.3 Å². The molecule has 134 valence electrons. The van der Waals surface area contributed by atoms with Crippen molar-refractivity contribution in [1.82, 2.24) is 9.21 Å². The smallest absolute Gasteiger partial charge is 0.218 e. The first-order chi connectivity index (χ1) is 11.9. The zero-order valence-electron chi connectivity index (χ0n) is 14.5. The Morgan fingerprint density at radius 1 is 1.08 bits per heavy atom. The van der Waals surface area contributed by atoms with Gasteiger partial charge in [-0.05, 0) is 31.2 Å². The largest absolute Gasteiger partial charge is 0.297 e. The Balaban J connectivity index is 1.83. The summed E-state index contributed by atoms with van der Waals surface area (Å²) in [5, 5.41) is 0. The van der Waals surface area contributed by atoms with Gasteiger partial charge in [0.15, 0.2) is 0 Å². The number of sulfonamides is 1. The molecule has 2 aromatic rings. The van der Waals surface area contributed by atoms with Gasteiger partial charge in [-0.1, -0.05) is 42.5 Å². The van der Waals surface area contributed by atoms with Crippen LogP contribution in [0.25, 0.3) is 0 Å². The van der Waals surface area contributed by atoms with Crippen LogP contribution in [0, 0.1) is 12.7 Å². The number of likely N-dealkylation sites (N-methyl/N-ethyl adjacent to an activating group) is 1. The Morgan fingerprint density at radius 3 is 2.48 bits per heavy atom. The molecule has 1 heterocycles. The molecule has 0 saturated carbocycles. The monoisotopic (exact) mass is 362 g/mol. The van der Waals surface area contributed by atoms with Crippen LogP contribution in [0.1, 0.15) is 22.7 Å². The van der Waals surface area contributed by atoms with E-state index in [0.717, 1.165) is 11.1 Å². The minimum absolute atomic E-state index is 0.0205. The van der Waals surface area contributed by atoms with Crippen molar-refractivity contribution in [2.45, 2.75) is 18.7 Å².